The van der Waals surface area contributed by atoms with Crippen LogP contribution < -0.4 is 5.32 Å². The Morgan fingerprint density at radius 1 is 0.885 bits per heavy atom. The van der Waals surface area contributed by atoms with Gasteiger partial charge in [0, 0.05) is 12.7 Å². The molecule has 0 saturated heterocycles. The molecule has 0 aliphatic carbocycles. The van der Waals surface area contributed by atoms with E-state index >= 15 is 0 Å². The minimum absolute atomic E-state index is 0.230. The molecule has 0 aliphatic rings. The van der Waals surface area contributed by atoms with Crippen LogP contribution in [-0.4, -0.2) is 18.0 Å². The number of carbonyl (C=O) groups excluding carboxylic acids is 1. The van der Waals surface area contributed by atoms with Gasteiger partial charge in [0.1, 0.15) is 5.82 Å². The molecule has 0 radical (unpaired) electrons. The van der Waals surface area contributed by atoms with E-state index in [2.05, 4.69) is 5.32 Å². The summed E-state index contributed by atoms with van der Waals surface area (Å²) >= 11 is 0. The molecule has 0 heterocycles. The SMILES string of the molecule is Cc1ccc(NC(=O)N(C)C(c2ccccc2)c2ccc(F)cc2)cc1. The van der Waals surface area contributed by atoms with Crippen LogP contribution in [0.4, 0.5) is 14.9 Å². The molecule has 0 spiro atoms. The fourth-order valence-electron chi connectivity index (χ4n) is 2.89. The monoisotopic (exact) mass is 348 g/mol. The first-order valence-electron chi connectivity index (χ1n) is 8.45. The van der Waals surface area contributed by atoms with E-state index < -0.39 is 0 Å². The Balaban J connectivity index is 1.89. The van der Waals surface area contributed by atoms with E-state index in [-0.39, 0.29) is 17.9 Å². The Kier molecular flexibility index (Phi) is 5.32. The quantitative estimate of drug-likeness (QED) is 0.674. The van der Waals surface area contributed by atoms with E-state index in [0.717, 1.165) is 22.4 Å². The van der Waals surface area contributed by atoms with Crippen molar-refractivity contribution in [3.8, 4) is 0 Å². The highest BCUT2D eigenvalue weighted by Crippen LogP contribution is 2.28. The molecule has 26 heavy (non-hydrogen) atoms. The third-order valence-corrected chi connectivity index (χ3v) is 4.31. The van der Waals surface area contributed by atoms with Crippen LogP contribution in [0, 0.1) is 12.7 Å². The number of hydrogen-bond donors (Lipinski definition) is 1. The van der Waals surface area contributed by atoms with Gasteiger partial charge in [-0.1, -0.05) is 60.2 Å². The Bertz CT molecular complexity index is 861. The Morgan fingerprint density at radius 2 is 1.46 bits per heavy atom. The Labute approximate surface area is 153 Å². The molecule has 3 aromatic rings. The zero-order valence-electron chi connectivity index (χ0n) is 14.8. The van der Waals surface area contributed by atoms with Crippen molar-refractivity contribution in [3.05, 3.63) is 101 Å². The molecule has 0 aliphatic heterocycles. The first kappa shape index (κ1) is 17.7. The molecule has 0 saturated carbocycles. The second kappa shape index (κ2) is 7.83. The number of rotatable bonds is 4. The molecule has 0 aromatic heterocycles. The Hall–Kier alpha value is -3.14. The molecular weight excluding hydrogens is 327 g/mol. The minimum Gasteiger partial charge on any atom is -0.316 e. The number of nitrogens with one attached hydrogen (secondary N) is 1. The first-order valence-corrected chi connectivity index (χ1v) is 8.45. The number of amides is 2. The van der Waals surface area contributed by atoms with Gasteiger partial charge in [0.25, 0.3) is 0 Å². The second-order valence-electron chi connectivity index (χ2n) is 6.27. The summed E-state index contributed by atoms with van der Waals surface area (Å²) in [6, 6.07) is 23.1. The van der Waals surface area contributed by atoms with Gasteiger partial charge in [-0.2, -0.15) is 0 Å². The van der Waals surface area contributed by atoms with Crippen molar-refractivity contribution in [3.63, 3.8) is 0 Å². The summed E-state index contributed by atoms with van der Waals surface area (Å²) in [5.74, 6) is -0.299. The van der Waals surface area contributed by atoms with Gasteiger partial charge in [0.2, 0.25) is 0 Å². The summed E-state index contributed by atoms with van der Waals surface area (Å²) in [7, 11) is 1.74. The van der Waals surface area contributed by atoms with E-state index in [9.17, 15) is 9.18 Å². The van der Waals surface area contributed by atoms with Crippen molar-refractivity contribution < 1.29 is 9.18 Å². The van der Waals surface area contributed by atoms with Crippen LogP contribution in [0.2, 0.25) is 0 Å². The molecule has 3 nitrogen and oxygen atoms in total. The van der Waals surface area contributed by atoms with E-state index in [0.29, 0.717) is 0 Å². The number of hydrogen-bond acceptors (Lipinski definition) is 1. The van der Waals surface area contributed by atoms with Crippen LogP contribution in [0.25, 0.3) is 0 Å². The summed E-state index contributed by atoms with van der Waals surface area (Å²) < 4.78 is 13.3. The molecule has 1 N–H and O–H groups in total. The van der Waals surface area contributed by atoms with Crippen molar-refractivity contribution in [1.29, 1.82) is 0 Å². The fraction of sp³-hybridized carbons (Fsp3) is 0.136. The number of carbonyl (C=O) groups is 1. The van der Waals surface area contributed by atoms with Gasteiger partial charge >= 0.3 is 6.03 Å². The van der Waals surface area contributed by atoms with Gasteiger partial charge in [-0.05, 0) is 42.3 Å². The number of aryl methyl sites for hydroxylation is 1. The van der Waals surface area contributed by atoms with E-state index in [1.54, 1.807) is 24.1 Å². The number of halogens is 1. The van der Waals surface area contributed by atoms with Gasteiger partial charge in [-0.3, -0.25) is 0 Å². The maximum absolute atomic E-state index is 13.3. The maximum Gasteiger partial charge on any atom is 0.322 e. The lowest BCUT2D eigenvalue weighted by atomic mass is 9.97. The summed E-state index contributed by atoms with van der Waals surface area (Å²) in [5.41, 5.74) is 3.67. The lowest BCUT2D eigenvalue weighted by Crippen LogP contribution is -2.35. The highest BCUT2D eigenvalue weighted by molar-refractivity contribution is 5.89. The third kappa shape index (κ3) is 4.09. The largest absolute Gasteiger partial charge is 0.322 e. The summed E-state index contributed by atoms with van der Waals surface area (Å²) in [4.78, 5) is 14.4. The van der Waals surface area contributed by atoms with Crippen molar-refractivity contribution in [1.82, 2.24) is 4.90 Å². The topological polar surface area (TPSA) is 32.3 Å². The summed E-state index contributed by atoms with van der Waals surface area (Å²) in [6.45, 7) is 2.00. The van der Waals surface area contributed by atoms with Crippen LogP contribution in [-0.2, 0) is 0 Å². The molecule has 0 fully saturated rings. The summed E-state index contributed by atoms with van der Waals surface area (Å²) in [5, 5.41) is 2.91. The number of benzene rings is 3. The lowest BCUT2D eigenvalue weighted by molar-refractivity contribution is 0.212. The molecule has 1 atom stereocenters. The van der Waals surface area contributed by atoms with Crippen LogP contribution >= 0.6 is 0 Å². The van der Waals surface area contributed by atoms with Crippen LogP contribution in [0.1, 0.15) is 22.7 Å². The highest BCUT2D eigenvalue weighted by Gasteiger charge is 2.23. The zero-order valence-corrected chi connectivity index (χ0v) is 14.8. The molecule has 3 aromatic carbocycles. The third-order valence-electron chi connectivity index (χ3n) is 4.31. The smallest absolute Gasteiger partial charge is 0.316 e. The van der Waals surface area contributed by atoms with E-state index in [4.69, 9.17) is 0 Å². The molecule has 1 unspecified atom stereocenters. The van der Waals surface area contributed by atoms with Gasteiger partial charge in [0.15, 0.2) is 0 Å². The molecular formula is C22H21FN2O. The molecule has 2 amide bonds. The fourth-order valence-corrected chi connectivity index (χ4v) is 2.89. The van der Waals surface area contributed by atoms with Crippen molar-refractivity contribution >= 4 is 11.7 Å². The van der Waals surface area contributed by atoms with Gasteiger partial charge < -0.3 is 10.2 Å². The van der Waals surface area contributed by atoms with Crippen molar-refractivity contribution in [2.75, 3.05) is 12.4 Å². The maximum atomic E-state index is 13.3. The minimum atomic E-state index is -0.317. The van der Waals surface area contributed by atoms with Crippen molar-refractivity contribution in [2.24, 2.45) is 0 Å². The first-order chi connectivity index (χ1) is 12.5. The number of nitrogens with zero attached hydrogens (tertiary/aromatic N) is 1. The molecule has 4 heteroatoms. The van der Waals surface area contributed by atoms with Crippen LogP contribution in [0.5, 0.6) is 0 Å². The second-order valence-corrected chi connectivity index (χ2v) is 6.27. The lowest BCUT2D eigenvalue weighted by Gasteiger charge is -2.29. The molecule has 3 rings (SSSR count). The van der Waals surface area contributed by atoms with Crippen LogP contribution in [0.3, 0.4) is 0 Å². The average molecular weight is 348 g/mol. The van der Waals surface area contributed by atoms with Gasteiger partial charge in [0.05, 0.1) is 6.04 Å². The highest BCUT2D eigenvalue weighted by atomic mass is 19.1. The normalized spacial score (nSPS) is 11.7. The van der Waals surface area contributed by atoms with Crippen LogP contribution in [0.15, 0.2) is 78.9 Å². The average Bonchev–Trinajstić information content (AvgIpc) is 2.66. The number of urea groups is 1. The predicted molar refractivity (Wildman–Crippen MR) is 103 cm³/mol. The van der Waals surface area contributed by atoms with Gasteiger partial charge in [-0.25, -0.2) is 9.18 Å². The molecule has 132 valence electrons. The molecule has 0 bridgehead atoms. The van der Waals surface area contributed by atoms with Crippen molar-refractivity contribution in [2.45, 2.75) is 13.0 Å². The van der Waals surface area contributed by atoms with E-state index in [1.807, 2.05) is 61.5 Å². The summed E-state index contributed by atoms with van der Waals surface area (Å²) in [6.07, 6.45) is 0. The van der Waals surface area contributed by atoms with Gasteiger partial charge in [-0.15, -0.1) is 0 Å². The zero-order chi connectivity index (χ0) is 18.5. The van der Waals surface area contributed by atoms with E-state index in [1.165, 1.54) is 12.1 Å². The standard InChI is InChI=1S/C22H21FN2O/c1-16-8-14-20(15-9-16)24-22(26)25(2)21(17-6-4-3-5-7-17)18-10-12-19(23)13-11-18/h3-15,21H,1-2H3,(H,24,26). The number of anilines is 1. The predicted octanol–water partition coefficient (Wildman–Crippen LogP) is 5.39. The Morgan fingerprint density at radius 3 is 2.08 bits per heavy atom.